The molecule has 1 atom stereocenters. The van der Waals surface area contributed by atoms with Crippen molar-refractivity contribution in [3.63, 3.8) is 0 Å². The minimum Gasteiger partial charge on any atom is -0.481 e. The first kappa shape index (κ1) is 14.8. The summed E-state index contributed by atoms with van der Waals surface area (Å²) in [7, 11) is 0. The van der Waals surface area contributed by atoms with Gasteiger partial charge in [0.15, 0.2) is 0 Å². The summed E-state index contributed by atoms with van der Waals surface area (Å²) >= 11 is 0. The predicted molar refractivity (Wildman–Crippen MR) is 85.7 cm³/mol. The van der Waals surface area contributed by atoms with Crippen LogP contribution in [-0.2, 0) is 10.2 Å². The lowest BCUT2D eigenvalue weighted by Gasteiger charge is -2.38. The highest BCUT2D eigenvalue weighted by atomic mass is 16.4. The Morgan fingerprint density at radius 2 is 1.77 bits per heavy atom. The van der Waals surface area contributed by atoms with E-state index >= 15 is 0 Å². The molecule has 3 nitrogen and oxygen atoms in total. The van der Waals surface area contributed by atoms with Gasteiger partial charge in [-0.2, -0.15) is 0 Å². The van der Waals surface area contributed by atoms with E-state index in [4.69, 9.17) is 0 Å². The molecule has 0 spiro atoms. The Hall–Kier alpha value is -2.13. The van der Waals surface area contributed by atoms with Crippen LogP contribution in [0.25, 0.3) is 11.1 Å². The first-order valence-corrected chi connectivity index (χ1v) is 7.65. The Morgan fingerprint density at radius 1 is 1.09 bits per heavy atom. The molecule has 0 bridgehead atoms. The minimum atomic E-state index is -0.722. The Balaban J connectivity index is 1.96. The van der Waals surface area contributed by atoms with E-state index in [1.165, 1.54) is 0 Å². The van der Waals surface area contributed by atoms with E-state index in [9.17, 15) is 15.0 Å². The van der Waals surface area contributed by atoms with Crippen LogP contribution in [0.5, 0.6) is 0 Å². The molecule has 0 radical (unpaired) electrons. The van der Waals surface area contributed by atoms with Crippen molar-refractivity contribution in [2.24, 2.45) is 0 Å². The molecule has 114 valence electrons. The van der Waals surface area contributed by atoms with Gasteiger partial charge in [0.1, 0.15) is 0 Å². The standard InChI is InChI=1S/C19H20O3/c1-13(20)14-6-8-15(9-7-14)16-4-2-5-17(12-16)19(18(21)22)10-3-11-19/h2,4-9,12-13,20H,3,10-11H2,1H3,(H,21,22). The van der Waals surface area contributed by atoms with Crippen molar-refractivity contribution in [3.8, 4) is 11.1 Å². The minimum absolute atomic E-state index is 0.481. The SMILES string of the molecule is CC(O)c1ccc(-c2cccc(C3(C(=O)O)CCC3)c2)cc1. The van der Waals surface area contributed by atoms with Gasteiger partial charge >= 0.3 is 5.97 Å². The van der Waals surface area contributed by atoms with E-state index in [2.05, 4.69) is 0 Å². The molecular formula is C19H20O3. The number of hydrogen-bond acceptors (Lipinski definition) is 2. The molecule has 1 unspecified atom stereocenters. The number of carbonyl (C=O) groups is 1. The second-order valence-corrected chi connectivity index (χ2v) is 6.12. The van der Waals surface area contributed by atoms with Crippen LogP contribution < -0.4 is 0 Å². The normalized spacial score (nSPS) is 17.5. The molecule has 1 fully saturated rings. The molecule has 0 aromatic heterocycles. The van der Waals surface area contributed by atoms with Gasteiger partial charge in [0.25, 0.3) is 0 Å². The number of aliphatic carboxylic acids is 1. The number of carboxylic acid groups (broad SMARTS) is 1. The van der Waals surface area contributed by atoms with E-state index in [1.807, 2.05) is 48.5 Å². The molecule has 3 heteroatoms. The molecule has 1 aliphatic rings. The summed E-state index contributed by atoms with van der Waals surface area (Å²) in [6.07, 6.45) is 1.92. The Morgan fingerprint density at radius 3 is 2.27 bits per heavy atom. The molecule has 2 aromatic carbocycles. The molecule has 0 heterocycles. The van der Waals surface area contributed by atoms with E-state index in [-0.39, 0.29) is 0 Å². The van der Waals surface area contributed by atoms with Gasteiger partial charge in [-0.3, -0.25) is 4.79 Å². The van der Waals surface area contributed by atoms with Crippen LogP contribution in [0.15, 0.2) is 48.5 Å². The molecular weight excluding hydrogens is 276 g/mol. The fourth-order valence-electron chi connectivity index (χ4n) is 3.11. The summed E-state index contributed by atoms with van der Waals surface area (Å²) in [5, 5.41) is 19.1. The van der Waals surface area contributed by atoms with Crippen LogP contribution in [0.2, 0.25) is 0 Å². The summed E-state index contributed by atoms with van der Waals surface area (Å²) in [5.74, 6) is -0.722. The maximum atomic E-state index is 11.6. The summed E-state index contributed by atoms with van der Waals surface area (Å²) < 4.78 is 0. The van der Waals surface area contributed by atoms with E-state index in [0.29, 0.717) is 12.8 Å². The van der Waals surface area contributed by atoms with Crippen LogP contribution in [0.3, 0.4) is 0 Å². The monoisotopic (exact) mass is 296 g/mol. The number of carboxylic acids is 1. The quantitative estimate of drug-likeness (QED) is 0.899. The second-order valence-electron chi connectivity index (χ2n) is 6.12. The topological polar surface area (TPSA) is 57.5 Å². The van der Waals surface area contributed by atoms with Crippen molar-refractivity contribution < 1.29 is 15.0 Å². The highest BCUT2D eigenvalue weighted by Gasteiger charge is 2.45. The van der Waals surface area contributed by atoms with Crippen molar-refractivity contribution in [1.82, 2.24) is 0 Å². The van der Waals surface area contributed by atoms with Crippen molar-refractivity contribution in [1.29, 1.82) is 0 Å². The van der Waals surface area contributed by atoms with Crippen molar-refractivity contribution >= 4 is 5.97 Å². The van der Waals surface area contributed by atoms with Gasteiger partial charge in [0, 0.05) is 0 Å². The maximum absolute atomic E-state index is 11.6. The predicted octanol–water partition coefficient (Wildman–Crippen LogP) is 3.91. The maximum Gasteiger partial charge on any atom is 0.314 e. The average Bonchev–Trinajstić information content (AvgIpc) is 2.46. The van der Waals surface area contributed by atoms with E-state index in [1.54, 1.807) is 6.92 Å². The van der Waals surface area contributed by atoms with Crippen LogP contribution >= 0.6 is 0 Å². The van der Waals surface area contributed by atoms with Gasteiger partial charge in [-0.1, -0.05) is 55.0 Å². The number of aliphatic hydroxyl groups is 1. The molecule has 0 aliphatic heterocycles. The molecule has 3 rings (SSSR count). The molecule has 22 heavy (non-hydrogen) atoms. The third-order valence-corrected chi connectivity index (χ3v) is 4.76. The van der Waals surface area contributed by atoms with Crippen molar-refractivity contribution in [3.05, 3.63) is 59.7 Å². The van der Waals surface area contributed by atoms with Gasteiger partial charge < -0.3 is 10.2 Å². The fraction of sp³-hybridized carbons (Fsp3) is 0.316. The Kier molecular flexibility index (Phi) is 3.75. The van der Waals surface area contributed by atoms with Crippen molar-refractivity contribution in [2.45, 2.75) is 37.7 Å². The summed E-state index contributed by atoms with van der Waals surface area (Å²) in [6, 6.07) is 15.6. The van der Waals surface area contributed by atoms with E-state index < -0.39 is 17.5 Å². The van der Waals surface area contributed by atoms with Crippen molar-refractivity contribution in [2.75, 3.05) is 0 Å². The van der Waals surface area contributed by atoms with Gasteiger partial charge in [-0.05, 0) is 42.0 Å². The number of hydrogen-bond donors (Lipinski definition) is 2. The number of rotatable bonds is 4. The third-order valence-electron chi connectivity index (χ3n) is 4.76. The first-order chi connectivity index (χ1) is 10.5. The average molecular weight is 296 g/mol. The van der Waals surface area contributed by atoms with Crippen LogP contribution in [0, 0.1) is 0 Å². The smallest absolute Gasteiger partial charge is 0.314 e. The van der Waals surface area contributed by atoms with Crippen LogP contribution in [-0.4, -0.2) is 16.2 Å². The number of benzene rings is 2. The lowest BCUT2D eigenvalue weighted by Crippen LogP contribution is -2.42. The first-order valence-electron chi connectivity index (χ1n) is 7.65. The third kappa shape index (κ3) is 2.42. The fourth-order valence-corrected chi connectivity index (χ4v) is 3.11. The zero-order valence-electron chi connectivity index (χ0n) is 12.6. The highest BCUT2D eigenvalue weighted by Crippen LogP contribution is 2.44. The highest BCUT2D eigenvalue weighted by molar-refractivity contribution is 5.83. The van der Waals surface area contributed by atoms with Gasteiger partial charge in [-0.15, -0.1) is 0 Å². The molecule has 2 aromatic rings. The van der Waals surface area contributed by atoms with Gasteiger partial charge in [0.05, 0.1) is 11.5 Å². The zero-order valence-corrected chi connectivity index (χ0v) is 12.6. The Labute approximate surface area is 130 Å². The number of aliphatic hydroxyl groups excluding tert-OH is 1. The lowest BCUT2D eigenvalue weighted by molar-refractivity contribution is -0.147. The second kappa shape index (κ2) is 5.58. The van der Waals surface area contributed by atoms with E-state index in [0.717, 1.165) is 28.7 Å². The summed E-state index contributed by atoms with van der Waals surface area (Å²) in [4.78, 5) is 11.6. The molecule has 1 aliphatic carbocycles. The largest absolute Gasteiger partial charge is 0.481 e. The molecule has 0 saturated heterocycles. The summed E-state index contributed by atoms with van der Waals surface area (Å²) in [5.41, 5.74) is 3.12. The summed E-state index contributed by atoms with van der Waals surface area (Å²) in [6.45, 7) is 1.74. The molecule has 2 N–H and O–H groups in total. The van der Waals surface area contributed by atoms with Gasteiger partial charge in [0.2, 0.25) is 0 Å². The van der Waals surface area contributed by atoms with Crippen LogP contribution in [0.4, 0.5) is 0 Å². The zero-order chi connectivity index (χ0) is 15.7. The van der Waals surface area contributed by atoms with Gasteiger partial charge in [-0.25, -0.2) is 0 Å². The Bertz CT molecular complexity index is 682. The lowest BCUT2D eigenvalue weighted by atomic mass is 9.64. The molecule has 0 amide bonds. The molecule has 1 saturated carbocycles. The van der Waals surface area contributed by atoms with Crippen LogP contribution in [0.1, 0.15) is 43.4 Å².